The van der Waals surface area contributed by atoms with Crippen LogP contribution in [0.15, 0.2) is 18.6 Å². The summed E-state index contributed by atoms with van der Waals surface area (Å²) in [5.74, 6) is 0.162. The number of halogens is 3. The molecular formula is C15H16F3N7O. The average molecular weight is 367 g/mol. The zero-order valence-corrected chi connectivity index (χ0v) is 14.1. The van der Waals surface area contributed by atoms with E-state index in [9.17, 15) is 18.0 Å². The second-order valence-corrected chi connectivity index (χ2v) is 5.61. The van der Waals surface area contributed by atoms with Crippen molar-refractivity contribution >= 4 is 11.6 Å². The van der Waals surface area contributed by atoms with Crippen LogP contribution in [0, 0.1) is 6.92 Å². The minimum atomic E-state index is -4.60. The third-order valence-corrected chi connectivity index (χ3v) is 3.81. The first-order valence-electron chi connectivity index (χ1n) is 7.88. The van der Waals surface area contributed by atoms with Gasteiger partial charge < -0.3 is 9.88 Å². The van der Waals surface area contributed by atoms with Crippen molar-refractivity contribution in [3.05, 3.63) is 41.4 Å². The molecule has 0 aliphatic carbocycles. The van der Waals surface area contributed by atoms with Gasteiger partial charge in [-0.15, -0.1) is 10.2 Å². The summed E-state index contributed by atoms with van der Waals surface area (Å²) in [5, 5.41) is 14.1. The van der Waals surface area contributed by atoms with Gasteiger partial charge in [0.2, 0.25) is 0 Å². The number of carbonyl (C=O) groups is 1. The molecular weight excluding hydrogens is 351 g/mol. The van der Waals surface area contributed by atoms with Crippen LogP contribution in [0.1, 0.15) is 34.5 Å². The maximum absolute atomic E-state index is 13.1. The Bertz CT molecular complexity index is 945. The van der Waals surface area contributed by atoms with E-state index in [0.29, 0.717) is 23.3 Å². The van der Waals surface area contributed by atoms with Crippen molar-refractivity contribution in [3.8, 4) is 0 Å². The minimum Gasteiger partial charge on any atom is -0.351 e. The van der Waals surface area contributed by atoms with Crippen LogP contribution in [0.4, 0.5) is 13.2 Å². The Morgan fingerprint density at radius 2 is 2.12 bits per heavy atom. The van der Waals surface area contributed by atoms with Gasteiger partial charge in [0.25, 0.3) is 5.91 Å². The fourth-order valence-electron chi connectivity index (χ4n) is 2.57. The molecule has 11 heteroatoms. The Morgan fingerprint density at radius 3 is 2.81 bits per heavy atom. The van der Waals surface area contributed by atoms with Gasteiger partial charge in [-0.2, -0.15) is 18.3 Å². The smallest absolute Gasteiger partial charge is 0.351 e. The van der Waals surface area contributed by atoms with Crippen LogP contribution in [0.2, 0.25) is 0 Å². The number of fused-ring (bicyclic) bond motifs is 1. The van der Waals surface area contributed by atoms with Crippen molar-refractivity contribution in [2.24, 2.45) is 0 Å². The molecule has 0 saturated carbocycles. The lowest BCUT2D eigenvalue weighted by Crippen LogP contribution is -2.26. The number of aryl methyl sites for hydroxylation is 2. The number of aromatic nitrogens is 6. The monoisotopic (exact) mass is 367 g/mol. The lowest BCUT2D eigenvalue weighted by molar-refractivity contribution is -0.142. The zero-order chi connectivity index (χ0) is 18.9. The van der Waals surface area contributed by atoms with Crippen molar-refractivity contribution in [1.82, 2.24) is 34.7 Å². The predicted octanol–water partition coefficient (Wildman–Crippen LogP) is 1.64. The lowest BCUT2D eigenvalue weighted by Gasteiger charge is -2.10. The van der Waals surface area contributed by atoms with Gasteiger partial charge in [-0.1, -0.05) is 0 Å². The number of hydrogen-bond donors (Lipinski definition) is 1. The molecule has 3 aromatic rings. The molecule has 0 aromatic carbocycles. The number of rotatable bonds is 5. The second kappa shape index (κ2) is 6.73. The molecule has 0 radical (unpaired) electrons. The average Bonchev–Trinajstić information content (AvgIpc) is 3.19. The summed E-state index contributed by atoms with van der Waals surface area (Å²) in [5.41, 5.74) is -0.978. The first-order valence-corrected chi connectivity index (χ1v) is 7.88. The third kappa shape index (κ3) is 3.37. The molecule has 0 aliphatic heterocycles. The minimum absolute atomic E-state index is 0.0174. The first kappa shape index (κ1) is 17.8. The molecule has 0 atom stereocenters. The maximum atomic E-state index is 13.1. The van der Waals surface area contributed by atoms with E-state index in [1.807, 2.05) is 11.5 Å². The molecule has 3 aromatic heterocycles. The quantitative estimate of drug-likeness (QED) is 0.740. The topological polar surface area (TPSA) is 90.0 Å². The first-order chi connectivity index (χ1) is 12.3. The van der Waals surface area contributed by atoms with Crippen molar-refractivity contribution in [2.75, 3.05) is 6.54 Å². The Hall–Kier alpha value is -2.98. The van der Waals surface area contributed by atoms with Gasteiger partial charge in [0.1, 0.15) is 23.4 Å². The number of nitrogens with zero attached hydrogens (tertiary/aromatic N) is 6. The van der Waals surface area contributed by atoms with Gasteiger partial charge in [0.05, 0.1) is 6.20 Å². The molecule has 138 valence electrons. The second-order valence-electron chi connectivity index (χ2n) is 5.61. The molecule has 3 heterocycles. The number of nitrogens with one attached hydrogen (secondary N) is 1. The van der Waals surface area contributed by atoms with E-state index < -0.39 is 17.8 Å². The molecule has 1 N–H and O–H groups in total. The summed E-state index contributed by atoms with van der Waals surface area (Å²) < 4.78 is 41.9. The van der Waals surface area contributed by atoms with Crippen molar-refractivity contribution in [1.29, 1.82) is 0 Å². The molecule has 0 saturated heterocycles. The van der Waals surface area contributed by atoms with Gasteiger partial charge in [0.15, 0.2) is 5.65 Å². The van der Waals surface area contributed by atoms with Gasteiger partial charge in [0, 0.05) is 25.2 Å². The Balaban J connectivity index is 1.80. The maximum Gasteiger partial charge on any atom is 0.433 e. The highest BCUT2D eigenvalue weighted by Gasteiger charge is 2.35. The van der Waals surface area contributed by atoms with Gasteiger partial charge in [-0.3, -0.25) is 4.79 Å². The van der Waals surface area contributed by atoms with Crippen LogP contribution < -0.4 is 5.32 Å². The standard InChI is InChI=1S/C15H16F3N7O/c1-3-24-8-20-23-12(24)4-5-19-14(26)10-7-21-25-11(15(16,17)18)6-9(2)22-13(10)25/h6-8H,3-5H2,1-2H3,(H,19,26). The summed E-state index contributed by atoms with van der Waals surface area (Å²) in [4.78, 5) is 16.4. The normalized spacial score (nSPS) is 11.9. The van der Waals surface area contributed by atoms with Crippen LogP contribution in [0.25, 0.3) is 5.65 Å². The Labute approximate surface area is 146 Å². The number of carbonyl (C=O) groups excluding carboxylic acids is 1. The van der Waals surface area contributed by atoms with E-state index in [1.165, 1.54) is 6.92 Å². The van der Waals surface area contributed by atoms with E-state index in [2.05, 4.69) is 25.6 Å². The van der Waals surface area contributed by atoms with Crippen LogP contribution in [-0.4, -0.2) is 41.8 Å². The van der Waals surface area contributed by atoms with E-state index in [1.54, 1.807) is 6.33 Å². The highest BCUT2D eigenvalue weighted by atomic mass is 19.4. The fraction of sp³-hybridized carbons (Fsp3) is 0.400. The Kier molecular flexibility index (Phi) is 4.62. The SMILES string of the molecule is CCn1cnnc1CCNC(=O)c1cnn2c(C(F)(F)F)cc(C)nc12. The third-order valence-electron chi connectivity index (χ3n) is 3.81. The van der Waals surface area contributed by atoms with Gasteiger partial charge >= 0.3 is 6.18 Å². The van der Waals surface area contributed by atoms with Crippen molar-refractivity contribution in [2.45, 2.75) is 33.0 Å². The van der Waals surface area contributed by atoms with Crippen molar-refractivity contribution in [3.63, 3.8) is 0 Å². The molecule has 0 unspecified atom stereocenters. The number of amides is 1. The van der Waals surface area contributed by atoms with Crippen LogP contribution in [0.5, 0.6) is 0 Å². The summed E-state index contributed by atoms with van der Waals surface area (Å²) in [7, 11) is 0. The fourth-order valence-corrected chi connectivity index (χ4v) is 2.57. The molecule has 0 bridgehead atoms. The summed E-state index contributed by atoms with van der Waals surface area (Å²) >= 11 is 0. The number of hydrogen-bond acceptors (Lipinski definition) is 5. The van der Waals surface area contributed by atoms with Crippen LogP contribution in [-0.2, 0) is 19.1 Å². The predicted molar refractivity (Wildman–Crippen MR) is 84.5 cm³/mol. The molecule has 0 spiro atoms. The van der Waals surface area contributed by atoms with Crippen molar-refractivity contribution < 1.29 is 18.0 Å². The lowest BCUT2D eigenvalue weighted by atomic mass is 10.2. The van der Waals surface area contributed by atoms with E-state index in [0.717, 1.165) is 12.3 Å². The Morgan fingerprint density at radius 1 is 1.35 bits per heavy atom. The van der Waals surface area contributed by atoms with Crippen LogP contribution >= 0.6 is 0 Å². The molecule has 0 fully saturated rings. The number of alkyl halides is 3. The highest BCUT2D eigenvalue weighted by molar-refractivity contribution is 5.99. The largest absolute Gasteiger partial charge is 0.433 e. The van der Waals surface area contributed by atoms with Gasteiger partial charge in [-0.25, -0.2) is 9.50 Å². The van der Waals surface area contributed by atoms with E-state index >= 15 is 0 Å². The van der Waals surface area contributed by atoms with E-state index in [-0.39, 0.29) is 23.4 Å². The molecule has 1 amide bonds. The summed E-state index contributed by atoms with van der Waals surface area (Å²) in [6, 6.07) is 0.888. The zero-order valence-electron chi connectivity index (χ0n) is 14.1. The van der Waals surface area contributed by atoms with Crippen LogP contribution in [0.3, 0.4) is 0 Å². The highest BCUT2D eigenvalue weighted by Crippen LogP contribution is 2.30. The molecule has 26 heavy (non-hydrogen) atoms. The molecule has 0 aliphatic rings. The van der Waals surface area contributed by atoms with Gasteiger partial charge in [-0.05, 0) is 19.9 Å². The summed E-state index contributed by atoms with van der Waals surface area (Å²) in [6.45, 7) is 4.33. The van der Waals surface area contributed by atoms with E-state index in [4.69, 9.17) is 0 Å². The molecule has 3 rings (SSSR count). The molecule has 8 nitrogen and oxygen atoms in total. The summed E-state index contributed by atoms with van der Waals surface area (Å²) in [6.07, 6.45) is -1.48.